The first-order valence-electron chi connectivity index (χ1n) is 5.19. The summed E-state index contributed by atoms with van der Waals surface area (Å²) in [6, 6.07) is 5.96. The highest BCUT2D eigenvalue weighted by atomic mass is 16.3. The predicted molar refractivity (Wildman–Crippen MR) is 60.6 cm³/mol. The molecule has 1 unspecified atom stereocenters. The molecule has 3 nitrogen and oxygen atoms in total. The fourth-order valence-corrected chi connectivity index (χ4v) is 1.43. The van der Waals surface area contributed by atoms with Crippen LogP contribution in [-0.4, -0.2) is 4.98 Å². The van der Waals surface area contributed by atoms with Crippen molar-refractivity contribution in [3.8, 4) is 0 Å². The molecule has 80 valence electrons. The standard InChI is InChI=1S/C12H16N2O/c1-4-12(3,13)11-14-9-7-8(2)5-6-10(9)15-11/h5-7H,4,13H2,1-3H3. The maximum atomic E-state index is 6.08. The van der Waals surface area contributed by atoms with Crippen LogP contribution in [0.4, 0.5) is 0 Å². The van der Waals surface area contributed by atoms with Gasteiger partial charge in [0.15, 0.2) is 5.58 Å². The van der Waals surface area contributed by atoms with Crippen LogP contribution in [0, 0.1) is 6.92 Å². The summed E-state index contributed by atoms with van der Waals surface area (Å²) in [6.45, 7) is 6.00. The number of oxazole rings is 1. The van der Waals surface area contributed by atoms with Crippen molar-refractivity contribution in [2.24, 2.45) is 5.73 Å². The molecule has 15 heavy (non-hydrogen) atoms. The van der Waals surface area contributed by atoms with Crippen LogP contribution >= 0.6 is 0 Å². The van der Waals surface area contributed by atoms with Crippen molar-refractivity contribution in [3.63, 3.8) is 0 Å². The van der Waals surface area contributed by atoms with Gasteiger partial charge in [-0.05, 0) is 38.0 Å². The minimum absolute atomic E-state index is 0.479. The molecule has 0 aliphatic rings. The third kappa shape index (κ3) is 1.75. The molecule has 0 aliphatic carbocycles. The molecule has 2 N–H and O–H groups in total. The van der Waals surface area contributed by atoms with E-state index in [1.807, 2.05) is 39.0 Å². The monoisotopic (exact) mass is 204 g/mol. The highest BCUT2D eigenvalue weighted by Gasteiger charge is 2.25. The van der Waals surface area contributed by atoms with Crippen molar-refractivity contribution in [1.29, 1.82) is 0 Å². The van der Waals surface area contributed by atoms with E-state index < -0.39 is 5.54 Å². The van der Waals surface area contributed by atoms with Gasteiger partial charge in [-0.25, -0.2) is 4.98 Å². The fraction of sp³-hybridized carbons (Fsp3) is 0.417. The summed E-state index contributed by atoms with van der Waals surface area (Å²) in [5.41, 5.74) is 8.47. The quantitative estimate of drug-likeness (QED) is 0.818. The lowest BCUT2D eigenvalue weighted by Gasteiger charge is -2.17. The van der Waals surface area contributed by atoms with Gasteiger partial charge in [0.05, 0.1) is 5.54 Å². The zero-order valence-electron chi connectivity index (χ0n) is 9.37. The van der Waals surface area contributed by atoms with E-state index >= 15 is 0 Å². The Morgan fingerprint density at radius 2 is 2.20 bits per heavy atom. The molecule has 1 atom stereocenters. The minimum atomic E-state index is -0.479. The van der Waals surface area contributed by atoms with Gasteiger partial charge in [0.2, 0.25) is 5.89 Å². The van der Waals surface area contributed by atoms with Crippen molar-refractivity contribution >= 4 is 11.1 Å². The van der Waals surface area contributed by atoms with E-state index in [1.165, 1.54) is 5.56 Å². The molecule has 0 saturated carbocycles. The van der Waals surface area contributed by atoms with Gasteiger partial charge in [0, 0.05) is 0 Å². The second kappa shape index (κ2) is 3.35. The van der Waals surface area contributed by atoms with Crippen LogP contribution in [0.15, 0.2) is 22.6 Å². The first-order valence-corrected chi connectivity index (χ1v) is 5.19. The topological polar surface area (TPSA) is 52.0 Å². The number of fused-ring (bicyclic) bond motifs is 1. The molecule has 2 aromatic rings. The number of aryl methyl sites for hydroxylation is 1. The number of nitrogens with two attached hydrogens (primary N) is 1. The zero-order valence-corrected chi connectivity index (χ0v) is 9.37. The van der Waals surface area contributed by atoms with E-state index in [-0.39, 0.29) is 0 Å². The van der Waals surface area contributed by atoms with Crippen molar-refractivity contribution in [3.05, 3.63) is 29.7 Å². The highest BCUT2D eigenvalue weighted by Crippen LogP contribution is 2.25. The predicted octanol–water partition coefficient (Wildman–Crippen LogP) is 2.72. The molecule has 3 heteroatoms. The molecule has 0 aliphatic heterocycles. The summed E-state index contributed by atoms with van der Waals surface area (Å²) < 4.78 is 5.64. The molecule has 0 radical (unpaired) electrons. The van der Waals surface area contributed by atoms with Crippen LogP contribution in [0.1, 0.15) is 31.7 Å². The number of hydrogen-bond donors (Lipinski definition) is 1. The Bertz CT molecular complexity index is 485. The summed E-state index contributed by atoms with van der Waals surface area (Å²) in [7, 11) is 0. The van der Waals surface area contributed by atoms with Crippen LogP contribution in [0.3, 0.4) is 0 Å². The molecule has 0 bridgehead atoms. The molecule has 1 heterocycles. The maximum Gasteiger partial charge on any atom is 0.215 e. The molecule has 0 saturated heterocycles. The largest absolute Gasteiger partial charge is 0.439 e. The summed E-state index contributed by atoms with van der Waals surface area (Å²) >= 11 is 0. The Hall–Kier alpha value is -1.35. The van der Waals surface area contributed by atoms with E-state index in [0.717, 1.165) is 17.5 Å². The summed E-state index contributed by atoms with van der Waals surface area (Å²) in [4.78, 5) is 4.42. The van der Waals surface area contributed by atoms with Crippen LogP contribution in [0.5, 0.6) is 0 Å². The summed E-state index contributed by atoms with van der Waals surface area (Å²) in [6.07, 6.45) is 0.804. The van der Waals surface area contributed by atoms with E-state index in [1.54, 1.807) is 0 Å². The van der Waals surface area contributed by atoms with E-state index in [9.17, 15) is 0 Å². The van der Waals surface area contributed by atoms with Gasteiger partial charge in [-0.15, -0.1) is 0 Å². The number of benzene rings is 1. The Labute approximate surface area is 89.3 Å². The molecule has 0 fully saturated rings. The average Bonchev–Trinajstić information content (AvgIpc) is 2.61. The first-order chi connectivity index (χ1) is 7.03. The van der Waals surface area contributed by atoms with Crippen LogP contribution in [0.25, 0.3) is 11.1 Å². The zero-order chi connectivity index (χ0) is 11.1. The molecule has 1 aromatic carbocycles. The van der Waals surface area contributed by atoms with Crippen molar-refractivity contribution in [2.75, 3.05) is 0 Å². The Morgan fingerprint density at radius 1 is 1.47 bits per heavy atom. The van der Waals surface area contributed by atoms with Gasteiger partial charge in [0.1, 0.15) is 5.52 Å². The minimum Gasteiger partial charge on any atom is -0.439 e. The van der Waals surface area contributed by atoms with Gasteiger partial charge in [0.25, 0.3) is 0 Å². The Balaban J connectivity index is 2.56. The first kappa shape index (κ1) is 10.2. The summed E-state index contributed by atoms with van der Waals surface area (Å²) in [5.74, 6) is 0.616. The molecule has 0 amide bonds. The molecule has 0 spiro atoms. The van der Waals surface area contributed by atoms with Gasteiger partial charge < -0.3 is 10.2 Å². The lowest BCUT2D eigenvalue weighted by Crippen LogP contribution is -2.32. The van der Waals surface area contributed by atoms with Gasteiger partial charge >= 0.3 is 0 Å². The average molecular weight is 204 g/mol. The molecular formula is C12H16N2O. The van der Waals surface area contributed by atoms with E-state index in [0.29, 0.717) is 5.89 Å². The highest BCUT2D eigenvalue weighted by molar-refractivity contribution is 5.73. The number of hydrogen-bond acceptors (Lipinski definition) is 3. The summed E-state index contributed by atoms with van der Waals surface area (Å²) in [5, 5.41) is 0. The number of nitrogens with zero attached hydrogens (tertiary/aromatic N) is 1. The van der Waals surface area contributed by atoms with Gasteiger partial charge in [-0.1, -0.05) is 13.0 Å². The van der Waals surface area contributed by atoms with E-state index in [2.05, 4.69) is 4.98 Å². The van der Waals surface area contributed by atoms with Crippen LogP contribution in [0.2, 0.25) is 0 Å². The van der Waals surface area contributed by atoms with Gasteiger partial charge in [-0.3, -0.25) is 0 Å². The number of rotatable bonds is 2. The van der Waals surface area contributed by atoms with E-state index in [4.69, 9.17) is 10.2 Å². The number of aromatic nitrogens is 1. The molecular weight excluding hydrogens is 188 g/mol. The fourth-order valence-electron chi connectivity index (χ4n) is 1.43. The lowest BCUT2D eigenvalue weighted by molar-refractivity contribution is 0.356. The normalized spacial score (nSPS) is 15.5. The third-order valence-corrected chi connectivity index (χ3v) is 2.77. The molecule has 1 aromatic heterocycles. The second-order valence-electron chi connectivity index (χ2n) is 4.26. The Morgan fingerprint density at radius 3 is 2.87 bits per heavy atom. The van der Waals surface area contributed by atoms with Crippen molar-refractivity contribution in [1.82, 2.24) is 4.98 Å². The lowest BCUT2D eigenvalue weighted by atomic mass is 10.0. The SMILES string of the molecule is CCC(C)(N)c1nc2cc(C)ccc2o1. The van der Waals surface area contributed by atoms with Crippen molar-refractivity contribution in [2.45, 2.75) is 32.7 Å². The van der Waals surface area contributed by atoms with Crippen LogP contribution < -0.4 is 5.73 Å². The van der Waals surface area contributed by atoms with Crippen LogP contribution in [-0.2, 0) is 5.54 Å². The third-order valence-electron chi connectivity index (χ3n) is 2.77. The maximum absolute atomic E-state index is 6.08. The molecule has 2 rings (SSSR count). The van der Waals surface area contributed by atoms with Crippen molar-refractivity contribution < 1.29 is 4.42 Å². The van der Waals surface area contributed by atoms with Gasteiger partial charge in [-0.2, -0.15) is 0 Å². The second-order valence-corrected chi connectivity index (χ2v) is 4.26. The Kier molecular flexibility index (Phi) is 2.27. The smallest absolute Gasteiger partial charge is 0.215 e.